The van der Waals surface area contributed by atoms with E-state index in [2.05, 4.69) is 28.3 Å². The van der Waals surface area contributed by atoms with Crippen molar-refractivity contribution in [3.05, 3.63) is 47.4 Å². The summed E-state index contributed by atoms with van der Waals surface area (Å²) in [5, 5.41) is 3.25. The Labute approximate surface area is 135 Å². The van der Waals surface area contributed by atoms with Crippen molar-refractivity contribution >= 4 is 17.4 Å². The van der Waals surface area contributed by atoms with E-state index in [-0.39, 0.29) is 5.91 Å². The predicted molar refractivity (Wildman–Crippen MR) is 88.0 cm³/mol. The second-order valence-electron chi connectivity index (χ2n) is 5.64. The molecule has 1 aliphatic rings. The zero-order valence-corrected chi connectivity index (χ0v) is 13.4. The molecule has 1 aromatic carbocycles. The summed E-state index contributed by atoms with van der Waals surface area (Å²) < 4.78 is 5.27. The smallest absolute Gasteiger partial charge is 0.272 e. The molecule has 0 atom stereocenters. The van der Waals surface area contributed by atoms with Crippen LogP contribution in [-0.2, 0) is 4.74 Å². The lowest BCUT2D eigenvalue weighted by Crippen LogP contribution is -2.41. The molecule has 6 nitrogen and oxygen atoms in total. The second kappa shape index (κ2) is 6.75. The average molecular weight is 312 g/mol. The third-order valence-electron chi connectivity index (χ3n) is 3.83. The molecule has 6 heteroatoms. The number of carbonyl (C=O) groups excluding carboxylic acids is 1. The molecule has 0 spiro atoms. The maximum atomic E-state index is 12.5. The lowest BCUT2D eigenvalue weighted by atomic mass is 10.1. The van der Waals surface area contributed by atoms with Crippen LogP contribution in [0, 0.1) is 13.8 Å². The quantitative estimate of drug-likeness (QED) is 0.942. The highest BCUT2D eigenvalue weighted by molar-refractivity contribution is 5.93. The van der Waals surface area contributed by atoms with Gasteiger partial charge in [-0.25, -0.2) is 9.97 Å². The molecule has 23 heavy (non-hydrogen) atoms. The van der Waals surface area contributed by atoms with Crippen molar-refractivity contribution in [1.29, 1.82) is 0 Å². The molecule has 0 aliphatic carbocycles. The van der Waals surface area contributed by atoms with Gasteiger partial charge < -0.3 is 15.0 Å². The molecule has 1 N–H and O–H groups in total. The molecule has 1 fully saturated rings. The Morgan fingerprint density at radius 3 is 2.70 bits per heavy atom. The number of carbonyl (C=O) groups is 1. The Morgan fingerprint density at radius 2 is 1.96 bits per heavy atom. The van der Waals surface area contributed by atoms with Gasteiger partial charge in [0, 0.05) is 24.8 Å². The van der Waals surface area contributed by atoms with Gasteiger partial charge in [-0.3, -0.25) is 4.79 Å². The minimum absolute atomic E-state index is 0.0839. The highest BCUT2D eigenvalue weighted by Gasteiger charge is 2.20. The topological polar surface area (TPSA) is 67.4 Å². The van der Waals surface area contributed by atoms with Crippen molar-refractivity contribution in [2.45, 2.75) is 13.8 Å². The maximum Gasteiger partial charge on any atom is 0.272 e. The Hall–Kier alpha value is -2.47. The van der Waals surface area contributed by atoms with Gasteiger partial charge in [0.25, 0.3) is 5.91 Å². The molecule has 0 unspecified atom stereocenters. The first-order valence-corrected chi connectivity index (χ1v) is 7.67. The van der Waals surface area contributed by atoms with Crippen LogP contribution in [-0.4, -0.2) is 47.1 Å². The molecule has 1 amide bonds. The largest absolute Gasteiger partial charge is 0.378 e. The normalized spacial score (nSPS) is 14.6. The Morgan fingerprint density at radius 1 is 1.17 bits per heavy atom. The van der Waals surface area contributed by atoms with Crippen LogP contribution < -0.4 is 5.32 Å². The summed E-state index contributed by atoms with van der Waals surface area (Å²) in [5.74, 6) is 0.531. The number of hydrogen-bond acceptors (Lipinski definition) is 5. The fourth-order valence-electron chi connectivity index (χ4n) is 2.56. The molecule has 1 saturated heterocycles. The summed E-state index contributed by atoms with van der Waals surface area (Å²) in [5.41, 5.74) is 3.71. The first-order valence-electron chi connectivity index (χ1n) is 7.67. The van der Waals surface area contributed by atoms with Gasteiger partial charge in [-0.15, -0.1) is 0 Å². The van der Waals surface area contributed by atoms with E-state index in [1.807, 2.05) is 19.1 Å². The van der Waals surface area contributed by atoms with Gasteiger partial charge in [0.1, 0.15) is 17.8 Å². The molecule has 2 heterocycles. The van der Waals surface area contributed by atoms with Crippen LogP contribution in [0.4, 0.5) is 11.5 Å². The molecule has 0 radical (unpaired) electrons. The Balaban J connectivity index is 1.78. The lowest BCUT2D eigenvalue weighted by molar-refractivity contribution is 0.0299. The monoisotopic (exact) mass is 312 g/mol. The fraction of sp³-hybridized carbons (Fsp3) is 0.353. The molecule has 1 aliphatic heterocycles. The number of anilines is 2. The van der Waals surface area contributed by atoms with Crippen LogP contribution in [0.25, 0.3) is 0 Å². The van der Waals surface area contributed by atoms with Crippen molar-refractivity contribution in [1.82, 2.24) is 14.9 Å². The van der Waals surface area contributed by atoms with Crippen LogP contribution in [0.5, 0.6) is 0 Å². The van der Waals surface area contributed by atoms with Crippen LogP contribution >= 0.6 is 0 Å². The summed E-state index contributed by atoms with van der Waals surface area (Å²) in [6.45, 7) is 6.44. The molecule has 0 saturated carbocycles. The number of aryl methyl sites for hydroxylation is 2. The minimum Gasteiger partial charge on any atom is -0.378 e. The van der Waals surface area contributed by atoms with E-state index < -0.39 is 0 Å². The number of hydrogen-bond donors (Lipinski definition) is 1. The van der Waals surface area contributed by atoms with Gasteiger partial charge in [-0.05, 0) is 25.5 Å². The Kier molecular flexibility index (Phi) is 4.52. The number of ether oxygens (including phenoxy) is 1. The molecule has 2 aromatic rings. The Bertz CT molecular complexity index is 711. The summed E-state index contributed by atoms with van der Waals surface area (Å²) >= 11 is 0. The number of nitrogens with zero attached hydrogens (tertiary/aromatic N) is 3. The van der Waals surface area contributed by atoms with Crippen molar-refractivity contribution in [2.75, 3.05) is 31.6 Å². The van der Waals surface area contributed by atoms with Gasteiger partial charge in [-0.2, -0.15) is 0 Å². The summed E-state index contributed by atoms with van der Waals surface area (Å²) in [6, 6.07) is 7.84. The number of rotatable bonds is 3. The van der Waals surface area contributed by atoms with E-state index in [1.54, 1.807) is 11.0 Å². The highest BCUT2D eigenvalue weighted by atomic mass is 16.5. The van der Waals surface area contributed by atoms with Gasteiger partial charge in [0.15, 0.2) is 0 Å². The predicted octanol–water partition coefficient (Wildman–Crippen LogP) is 2.31. The molecular formula is C17H20N4O2. The van der Waals surface area contributed by atoms with Gasteiger partial charge >= 0.3 is 0 Å². The van der Waals surface area contributed by atoms with Crippen molar-refractivity contribution in [3.8, 4) is 0 Å². The minimum atomic E-state index is -0.0839. The summed E-state index contributed by atoms with van der Waals surface area (Å²) in [7, 11) is 0. The van der Waals surface area contributed by atoms with E-state index in [4.69, 9.17) is 4.74 Å². The lowest BCUT2D eigenvalue weighted by Gasteiger charge is -2.26. The SMILES string of the molecule is Cc1ccc(Nc2cc(C(=O)N3CCOCC3)ncn2)c(C)c1. The first kappa shape index (κ1) is 15.4. The summed E-state index contributed by atoms with van der Waals surface area (Å²) in [6.07, 6.45) is 1.42. The van der Waals surface area contributed by atoms with Crippen molar-refractivity contribution in [2.24, 2.45) is 0 Å². The zero-order chi connectivity index (χ0) is 16.2. The van der Waals surface area contributed by atoms with Crippen LogP contribution in [0.15, 0.2) is 30.6 Å². The van der Waals surface area contributed by atoms with E-state index in [0.717, 1.165) is 11.3 Å². The molecule has 1 aromatic heterocycles. The molecule has 0 bridgehead atoms. The van der Waals surface area contributed by atoms with E-state index in [0.29, 0.717) is 37.8 Å². The van der Waals surface area contributed by atoms with Gasteiger partial charge in [-0.1, -0.05) is 17.7 Å². The van der Waals surface area contributed by atoms with E-state index >= 15 is 0 Å². The number of aromatic nitrogens is 2. The fourth-order valence-corrected chi connectivity index (χ4v) is 2.56. The molecule has 3 rings (SSSR count). The number of morpholine rings is 1. The number of amides is 1. The second-order valence-corrected chi connectivity index (χ2v) is 5.64. The maximum absolute atomic E-state index is 12.5. The number of nitrogens with one attached hydrogen (secondary N) is 1. The van der Waals surface area contributed by atoms with Crippen LogP contribution in [0.2, 0.25) is 0 Å². The third-order valence-corrected chi connectivity index (χ3v) is 3.83. The third kappa shape index (κ3) is 3.65. The van der Waals surface area contributed by atoms with Gasteiger partial charge in [0.05, 0.1) is 13.2 Å². The van der Waals surface area contributed by atoms with Gasteiger partial charge in [0.2, 0.25) is 0 Å². The zero-order valence-electron chi connectivity index (χ0n) is 13.4. The average Bonchev–Trinajstić information content (AvgIpc) is 2.58. The van der Waals surface area contributed by atoms with Crippen molar-refractivity contribution in [3.63, 3.8) is 0 Å². The standard InChI is InChI=1S/C17H20N4O2/c1-12-3-4-14(13(2)9-12)20-16-10-15(18-11-19-16)17(22)21-5-7-23-8-6-21/h3-4,9-11H,5-8H2,1-2H3,(H,18,19,20). The van der Waals surface area contributed by atoms with Crippen LogP contribution in [0.1, 0.15) is 21.6 Å². The van der Waals surface area contributed by atoms with E-state index in [9.17, 15) is 4.79 Å². The van der Waals surface area contributed by atoms with E-state index in [1.165, 1.54) is 11.9 Å². The molecular weight excluding hydrogens is 292 g/mol. The first-order chi connectivity index (χ1) is 11.1. The highest BCUT2D eigenvalue weighted by Crippen LogP contribution is 2.20. The number of benzene rings is 1. The van der Waals surface area contributed by atoms with Crippen molar-refractivity contribution < 1.29 is 9.53 Å². The summed E-state index contributed by atoms with van der Waals surface area (Å²) in [4.78, 5) is 22.5. The van der Waals surface area contributed by atoms with Crippen LogP contribution in [0.3, 0.4) is 0 Å². The molecule has 120 valence electrons.